The number of carbonyl (C=O) groups excluding carboxylic acids is 1. The first-order chi connectivity index (χ1) is 6.91. The number of ether oxygens (including phenoxy) is 1. The van der Waals surface area contributed by atoms with Crippen LogP contribution >= 0.6 is 0 Å². The molecule has 1 fully saturated rings. The van der Waals surface area contributed by atoms with Crippen LogP contribution in [0.1, 0.15) is 26.7 Å². The third kappa shape index (κ3) is 4.05. The summed E-state index contributed by atoms with van der Waals surface area (Å²) in [7, 11) is 0. The van der Waals surface area contributed by atoms with Gasteiger partial charge in [-0.2, -0.15) is 0 Å². The molecule has 0 saturated carbocycles. The molecule has 4 N–H and O–H groups in total. The molecule has 88 valence electrons. The van der Waals surface area contributed by atoms with E-state index in [1.165, 1.54) is 0 Å². The lowest BCUT2D eigenvalue weighted by molar-refractivity contribution is -0.00812. The number of aliphatic hydroxyl groups is 1. The van der Waals surface area contributed by atoms with Crippen molar-refractivity contribution in [3.8, 4) is 0 Å². The van der Waals surface area contributed by atoms with Crippen LogP contribution in [0.4, 0.5) is 4.79 Å². The van der Waals surface area contributed by atoms with Crippen molar-refractivity contribution in [1.82, 2.24) is 5.32 Å². The van der Waals surface area contributed by atoms with Gasteiger partial charge in [-0.05, 0) is 39.2 Å². The van der Waals surface area contributed by atoms with Crippen LogP contribution in [0.15, 0.2) is 0 Å². The van der Waals surface area contributed by atoms with Gasteiger partial charge in [-0.3, -0.25) is 0 Å². The molecule has 1 heterocycles. The summed E-state index contributed by atoms with van der Waals surface area (Å²) in [5, 5.41) is 12.8. The highest BCUT2D eigenvalue weighted by molar-refractivity contribution is 5.65. The van der Waals surface area contributed by atoms with Gasteiger partial charge >= 0.3 is 6.09 Å². The monoisotopic (exact) mass is 216 g/mol. The van der Waals surface area contributed by atoms with Gasteiger partial charge in [0.2, 0.25) is 0 Å². The standard InChI is InChI=1S/C10H20N2O3/c1-10(2,15-9(11)14)5-7-3-4-12-6-8(7)13/h7-8,12-13H,3-6H2,1-2H3,(H2,11,14). The van der Waals surface area contributed by atoms with Crippen LogP contribution in [-0.2, 0) is 4.74 Å². The maximum Gasteiger partial charge on any atom is 0.405 e. The number of hydrogen-bond acceptors (Lipinski definition) is 4. The Hall–Kier alpha value is -0.810. The first-order valence-corrected chi connectivity index (χ1v) is 5.28. The summed E-state index contributed by atoms with van der Waals surface area (Å²) >= 11 is 0. The lowest BCUT2D eigenvalue weighted by atomic mass is 9.85. The zero-order chi connectivity index (χ0) is 11.5. The van der Waals surface area contributed by atoms with E-state index >= 15 is 0 Å². The lowest BCUT2D eigenvalue weighted by Crippen LogP contribution is -2.44. The Labute approximate surface area is 90.0 Å². The van der Waals surface area contributed by atoms with Crippen LogP contribution in [0.3, 0.4) is 0 Å². The van der Waals surface area contributed by atoms with Crippen molar-refractivity contribution in [3.05, 3.63) is 0 Å². The molecule has 2 unspecified atom stereocenters. The second-order valence-electron chi connectivity index (χ2n) is 4.71. The Morgan fingerprint density at radius 3 is 2.87 bits per heavy atom. The van der Waals surface area contributed by atoms with Gasteiger partial charge in [0.15, 0.2) is 0 Å². The van der Waals surface area contributed by atoms with Crippen LogP contribution in [-0.4, -0.2) is 36.0 Å². The third-order valence-electron chi connectivity index (χ3n) is 2.72. The summed E-state index contributed by atoms with van der Waals surface area (Å²) in [6.07, 6.45) is 0.406. The molecule has 1 rings (SSSR count). The van der Waals surface area contributed by atoms with Crippen molar-refractivity contribution in [2.75, 3.05) is 13.1 Å². The minimum absolute atomic E-state index is 0.167. The van der Waals surface area contributed by atoms with Crippen molar-refractivity contribution in [2.45, 2.75) is 38.4 Å². The van der Waals surface area contributed by atoms with Gasteiger partial charge in [0, 0.05) is 6.54 Å². The molecule has 0 aromatic rings. The van der Waals surface area contributed by atoms with Crippen LogP contribution in [0.5, 0.6) is 0 Å². The Bertz CT molecular complexity index is 231. The van der Waals surface area contributed by atoms with E-state index in [9.17, 15) is 9.90 Å². The number of aliphatic hydroxyl groups excluding tert-OH is 1. The number of piperidine rings is 1. The predicted octanol–water partition coefficient (Wildman–Crippen LogP) is 0.221. The Morgan fingerprint density at radius 2 is 2.33 bits per heavy atom. The third-order valence-corrected chi connectivity index (χ3v) is 2.72. The molecule has 0 radical (unpaired) electrons. The molecule has 0 aliphatic carbocycles. The fourth-order valence-corrected chi connectivity index (χ4v) is 2.08. The number of β-amino-alcohol motifs (C(OH)–C–C–N with tert-alkyl or cyclic N) is 1. The van der Waals surface area contributed by atoms with Gasteiger partial charge < -0.3 is 20.9 Å². The molecular weight excluding hydrogens is 196 g/mol. The molecular formula is C10H20N2O3. The van der Waals surface area contributed by atoms with E-state index in [2.05, 4.69) is 5.32 Å². The number of rotatable bonds is 3. The number of hydrogen-bond donors (Lipinski definition) is 3. The lowest BCUT2D eigenvalue weighted by Gasteiger charge is -2.34. The number of nitrogens with one attached hydrogen (secondary N) is 1. The number of carbonyl (C=O) groups is 1. The molecule has 5 nitrogen and oxygen atoms in total. The van der Waals surface area contributed by atoms with E-state index in [0.29, 0.717) is 13.0 Å². The molecule has 1 aliphatic heterocycles. The Morgan fingerprint density at radius 1 is 1.67 bits per heavy atom. The summed E-state index contributed by atoms with van der Waals surface area (Å²) in [5.41, 5.74) is 4.38. The molecule has 1 saturated heterocycles. The average molecular weight is 216 g/mol. The van der Waals surface area contributed by atoms with Gasteiger partial charge in [0.05, 0.1) is 6.10 Å². The molecule has 5 heteroatoms. The van der Waals surface area contributed by atoms with Gasteiger partial charge in [0.1, 0.15) is 5.60 Å². The topological polar surface area (TPSA) is 84.6 Å². The van der Waals surface area contributed by atoms with Crippen molar-refractivity contribution in [2.24, 2.45) is 11.7 Å². The van der Waals surface area contributed by atoms with E-state index in [0.717, 1.165) is 13.0 Å². The van der Waals surface area contributed by atoms with Gasteiger partial charge in [-0.15, -0.1) is 0 Å². The van der Waals surface area contributed by atoms with Crippen molar-refractivity contribution in [3.63, 3.8) is 0 Å². The minimum atomic E-state index is -0.761. The van der Waals surface area contributed by atoms with E-state index in [1.807, 2.05) is 13.8 Å². The summed E-state index contributed by atoms with van der Waals surface area (Å²) in [6.45, 7) is 5.13. The first-order valence-electron chi connectivity index (χ1n) is 5.28. The van der Waals surface area contributed by atoms with Crippen LogP contribution in [0, 0.1) is 5.92 Å². The fraction of sp³-hybridized carbons (Fsp3) is 0.900. The summed E-state index contributed by atoms with van der Waals surface area (Å²) in [6, 6.07) is 0. The van der Waals surface area contributed by atoms with Gasteiger partial charge in [0.25, 0.3) is 0 Å². The second-order valence-corrected chi connectivity index (χ2v) is 4.71. The summed E-state index contributed by atoms with van der Waals surface area (Å²) in [5.74, 6) is 0.167. The normalized spacial score (nSPS) is 27.4. The van der Waals surface area contributed by atoms with E-state index in [4.69, 9.17) is 10.5 Å². The maximum atomic E-state index is 10.7. The van der Waals surface area contributed by atoms with Crippen molar-refractivity contribution < 1.29 is 14.6 Å². The maximum absolute atomic E-state index is 10.7. The van der Waals surface area contributed by atoms with Crippen LogP contribution in [0.2, 0.25) is 0 Å². The number of primary amides is 1. The number of nitrogens with two attached hydrogens (primary N) is 1. The highest BCUT2D eigenvalue weighted by atomic mass is 16.6. The van der Waals surface area contributed by atoms with Crippen molar-refractivity contribution in [1.29, 1.82) is 0 Å². The van der Waals surface area contributed by atoms with Crippen molar-refractivity contribution >= 4 is 6.09 Å². The zero-order valence-electron chi connectivity index (χ0n) is 9.32. The molecule has 0 aromatic carbocycles. The smallest absolute Gasteiger partial charge is 0.405 e. The SMILES string of the molecule is CC(C)(CC1CCNCC1O)OC(N)=O. The molecule has 0 aromatic heterocycles. The molecule has 0 spiro atoms. The highest BCUT2D eigenvalue weighted by Crippen LogP contribution is 2.26. The number of amides is 1. The molecule has 1 aliphatic rings. The first kappa shape index (κ1) is 12.3. The van der Waals surface area contributed by atoms with E-state index in [-0.39, 0.29) is 12.0 Å². The molecule has 15 heavy (non-hydrogen) atoms. The predicted molar refractivity (Wildman–Crippen MR) is 56.3 cm³/mol. The summed E-state index contributed by atoms with van der Waals surface area (Å²) < 4.78 is 5.00. The molecule has 2 atom stereocenters. The second kappa shape index (κ2) is 4.81. The average Bonchev–Trinajstić information content (AvgIpc) is 2.06. The van der Waals surface area contributed by atoms with Crippen LogP contribution in [0.25, 0.3) is 0 Å². The molecule has 1 amide bonds. The molecule has 0 bridgehead atoms. The fourth-order valence-electron chi connectivity index (χ4n) is 2.08. The quantitative estimate of drug-likeness (QED) is 0.630. The summed E-state index contributed by atoms with van der Waals surface area (Å²) in [4.78, 5) is 10.7. The highest BCUT2D eigenvalue weighted by Gasteiger charge is 2.31. The van der Waals surface area contributed by atoms with Gasteiger partial charge in [-0.25, -0.2) is 4.79 Å². The Balaban J connectivity index is 2.47. The van der Waals surface area contributed by atoms with Gasteiger partial charge in [-0.1, -0.05) is 0 Å². The minimum Gasteiger partial charge on any atom is -0.444 e. The van der Waals surface area contributed by atoms with Crippen LogP contribution < -0.4 is 11.1 Å². The Kier molecular flexibility index (Phi) is 3.93. The largest absolute Gasteiger partial charge is 0.444 e. The zero-order valence-corrected chi connectivity index (χ0v) is 9.32. The van der Waals surface area contributed by atoms with E-state index < -0.39 is 11.7 Å². The van der Waals surface area contributed by atoms with E-state index in [1.54, 1.807) is 0 Å².